The number of H-pyrrole nitrogens is 1. The molecule has 0 fully saturated rings. The number of nitrogens with zero attached hydrogens (tertiary/aromatic N) is 4. The van der Waals surface area contributed by atoms with Crippen LogP contribution in [0.2, 0.25) is 5.02 Å². The molecule has 0 saturated heterocycles. The number of aromatic nitrogens is 5. The van der Waals surface area contributed by atoms with Gasteiger partial charge in [-0.1, -0.05) is 23.7 Å². The van der Waals surface area contributed by atoms with Crippen molar-refractivity contribution in [2.45, 2.75) is 0 Å². The molecule has 3 aromatic rings. The highest BCUT2D eigenvalue weighted by atomic mass is 35.5. The molecule has 1 aromatic carbocycles. The monoisotopic (exact) mass is 274 g/mol. The summed E-state index contributed by atoms with van der Waals surface area (Å²) < 4.78 is 1.62. The summed E-state index contributed by atoms with van der Waals surface area (Å²) in [4.78, 5) is 0. The van der Waals surface area contributed by atoms with Gasteiger partial charge in [0.25, 0.3) is 0 Å². The average Bonchev–Trinajstić information content (AvgIpc) is 3.01. The van der Waals surface area contributed by atoms with Crippen LogP contribution in [0.15, 0.2) is 30.5 Å². The van der Waals surface area contributed by atoms with Crippen molar-refractivity contribution in [3.05, 3.63) is 35.5 Å². The van der Waals surface area contributed by atoms with Crippen LogP contribution in [-0.4, -0.2) is 25.2 Å². The first kappa shape index (κ1) is 11.7. The van der Waals surface area contributed by atoms with Crippen LogP contribution in [-0.2, 0) is 7.05 Å². The zero-order chi connectivity index (χ0) is 13.4. The minimum absolute atomic E-state index is 0.570. The lowest BCUT2D eigenvalue weighted by Gasteiger charge is -2.02. The van der Waals surface area contributed by atoms with Crippen molar-refractivity contribution in [3.8, 4) is 22.5 Å². The summed E-state index contributed by atoms with van der Waals surface area (Å²) in [5.41, 5.74) is 9.19. The number of nitrogens with two attached hydrogens (primary N) is 1. The normalized spacial score (nSPS) is 10.8. The third-order valence-corrected chi connectivity index (χ3v) is 3.13. The molecule has 2 aromatic heterocycles. The third-order valence-electron chi connectivity index (χ3n) is 2.88. The molecule has 2 heterocycles. The molecule has 19 heavy (non-hydrogen) atoms. The maximum absolute atomic E-state index is 6.09. The molecule has 0 bridgehead atoms. The summed E-state index contributed by atoms with van der Waals surface area (Å²) in [7, 11) is 1.79. The molecule has 3 rings (SSSR count). The number of nitrogen functional groups attached to an aromatic ring is 1. The van der Waals surface area contributed by atoms with Crippen molar-refractivity contribution in [2.24, 2.45) is 7.05 Å². The maximum Gasteiger partial charge on any atom is 0.133 e. The molecule has 0 amide bonds. The van der Waals surface area contributed by atoms with E-state index in [1.807, 2.05) is 24.3 Å². The SMILES string of the molecule is Cn1nc(-c2cn[nH]n2)c(-c2ccc(Cl)cc2)c1N. The van der Waals surface area contributed by atoms with Gasteiger partial charge in [-0.15, -0.1) is 0 Å². The van der Waals surface area contributed by atoms with E-state index in [4.69, 9.17) is 17.3 Å². The summed E-state index contributed by atoms with van der Waals surface area (Å²) in [5.74, 6) is 0.570. The van der Waals surface area contributed by atoms with Crippen LogP contribution >= 0.6 is 11.6 Å². The number of benzene rings is 1. The van der Waals surface area contributed by atoms with Crippen molar-refractivity contribution in [3.63, 3.8) is 0 Å². The first-order valence-electron chi connectivity index (χ1n) is 5.61. The summed E-state index contributed by atoms with van der Waals surface area (Å²) in [6.45, 7) is 0. The lowest BCUT2D eigenvalue weighted by atomic mass is 10.0. The van der Waals surface area contributed by atoms with Crippen molar-refractivity contribution < 1.29 is 0 Å². The van der Waals surface area contributed by atoms with Gasteiger partial charge in [-0.3, -0.25) is 4.68 Å². The van der Waals surface area contributed by atoms with Gasteiger partial charge in [0.2, 0.25) is 0 Å². The smallest absolute Gasteiger partial charge is 0.133 e. The van der Waals surface area contributed by atoms with Gasteiger partial charge in [-0.25, -0.2) is 0 Å². The highest BCUT2D eigenvalue weighted by molar-refractivity contribution is 6.30. The number of rotatable bonds is 2. The van der Waals surface area contributed by atoms with Crippen LogP contribution in [0.25, 0.3) is 22.5 Å². The van der Waals surface area contributed by atoms with E-state index in [1.54, 1.807) is 17.9 Å². The Hall–Kier alpha value is -2.34. The minimum Gasteiger partial charge on any atom is -0.383 e. The fourth-order valence-corrected chi connectivity index (χ4v) is 2.06. The predicted octanol–water partition coefficient (Wildman–Crippen LogP) is 2.11. The molecule has 0 spiro atoms. The lowest BCUT2D eigenvalue weighted by molar-refractivity contribution is 0.781. The largest absolute Gasteiger partial charge is 0.383 e. The highest BCUT2D eigenvalue weighted by Gasteiger charge is 2.18. The van der Waals surface area contributed by atoms with Crippen LogP contribution in [0.1, 0.15) is 0 Å². The van der Waals surface area contributed by atoms with Gasteiger partial charge in [-0.05, 0) is 17.7 Å². The van der Waals surface area contributed by atoms with E-state index in [9.17, 15) is 0 Å². The zero-order valence-electron chi connectivity index (χ0n) is 10.1. The van der Waals surface area contributed by atoms with Crippen molar-refractivity contribution >= 4 is 17.4 Å². The predicted molar refractivity (Wildman–Crippen MR) is 73.4 cm³/mol. The van der Waals surface area contributed by atoms with Gasteiger partial charge in [0.15, 0.2) is 0 Å². The second-order valence-corrected chi connectivity index (χ2v) is 4.53. The summed E-state index contributed by atoms with van der Waals surface area (Å²) in [5, 5.41) is 15.5. The molecule has 7 heteroatoms. The molecule has 96 valence electrons. The van der Waals surface area contributed by atoms with Gasteiger partial charge < -0.3 is 5.73 Å². The summed E-state index contributed by atoms with van der Waals surface area (Å²) in [6, 6.07) is 7.43. The average molecular weight is 275 g/mol. The van der Waals surface area contributed by atoms with Crippen LogP contribution in [0.3, 0.4) is 0 Å². The van der Waals surface area contributed by atoms with E-state index in [0.29, 0.717) is 22.2 Å². The second-order valence-electron chi connectivity index (χ2n) is 4.09. The molecule has 0 aliphatic carbocycles. The summed E-state index contributed by atoms with van der Waals surface area (Å²) >= 11 is 5.90. The Morgan fingerprint density at radius 2 is 2.00 bits per heavy atom. The Morgan fingerprint density at radius 1 is 1.26 bits per heavy atom. The fourth-order valence-electron chi connectivity index (χ4n) is 1.93. The van der Waals surface area contributed by atoms with Crippen molar-refractivity contribution in [2.75, 3.05) is 5.73 Å². The topological polar surface area (TPSA) is 85.4 Å². The molecular weight excluding hydrogens is 264 g/mol. The zero-order valence-corrected chi connectivity index (χ0v) is 10.9. The summed E-state index contributed by atoms with van der Waals surface area (Å²) in [6.07, 6.45) is 1.61. The number of nitrogens with one attached hydrogen (secondary N) is 1. The first-order chi connectivity index (χ1) is 9.16. The Labute approximate surface area is 114 Å². The molecule has 0 aliphatic heterocycles. The Balaban J connectivity index is 2.22. The number of aromatic amines is 1. The molecular formula is C12H11ClN6. The van der Waals surface area contributed by atoms with Crippen LogP contribution in [0, 0.1) is 0 Å². The van der Waals surface area contributed by atoms with E-state index in [1.165, 1.54) is 0 Å². The van der Waals surface area contributed by atoms with E-state index in [2.05, 4.69) is 20.5 Å². The van der Waals surface area contributed by atoms with Crippen molar-refractivity contribution in [1.29, 1.82) is 0 Å². The molecule has 6 nitrogen and oxygen atoms in total. The fraction of sp³-hybridized carbons (Fsp3) is 0.0833. The Bertz CT molecular complexity index is 699. The lowest BCUT2D eigenvalue weighted by Crippen LogP contribution is -1.97. The van der Waals surface area contributed by atoms with Crippen LogP contribution in [0.5, 0.6) is 0 Å². The molecule has 3 N–H and O–H groups in total. The Kier molecular flexibility index (Phi) is 2.72. The minimum atomic E-state index is 0.570. The Morgan fingerprint density at radius 3 is 2.63 bits per heavy atom. The van der Waals surface area contributed by atoms with E-state index >= 15 is 0 Å². The number of hydrogen-bond donors (Lipinski definition) is 2. The first-order valence-corrected chi connectivity index (χ1v) is 5.99. The van der Waals surface area contributed by atoms with Gasteiger partial charge in [-0.2, -0.15) is 20.5 Å². The third kappa shape index (κ3) is 1.96. The molecule has 0 radical (unpaired) electrons. The van der Waals surface area contributed by atoms with E-state index in [0.717, 1.165) is 11.1 Å². The number of halogens is 1. The molecule has 0 saturated carbocycles. The van der Waals surface area contributed by atoms with Crippen molar-refractivity contribution in [1.82, 2.24) is 25.2 Å². The molecule has 0 atom stereocenters. The van der Waals surface area contributed by atoms with E-state index < -0.39 is 0 Å². The standard InChI is InChI=1S/C12H11ClN6/c1-19-12(14)10(7-2-4-8(13)5-3-7)11(17-19)9-6-15-18-16-9/h2-6H,14H2,1H3,(H,15,16,18). The highest BCUT2D eigenvalue weighted by Crippen LogP contribution is 2.35. The van der Waals surface area contributed by atoms with Gasteiger partial charge in [0.05, 0.1) is 11.8 Å². The number of aryl methyl sites for hydroxylation is 1. The van der Waals surface area contributed by atoms with E-state index in [-0.39, 0.29) is 0 Å². The number of anilines is 1. The number of hydrogen-bond acceptors (Lipinski definition) is 4. The molecule has 0 aliphatic rings. The quantitative estimate of drug-likeness (QED) is 0.749. The van der Waals surface area contributed by atoms with Crippen LogP contribution in [0.4, 0.5) is 5.82 Å². The van der Waals surface area contributed by atoms with Gasteiger partial charge in [0, 0.05) is 12.1 Å². The molecule has 0 unspecified atom stereocenters. The van der Waals surface area contributed by atoms with Gasteiger partial charge >= 0.3 is 0 Å². The maximum atomic E-state index is 6.09. The second kappa shape index (κ2) is 4.40. The van der Waals surface area contributed by atoms with Gasteiger partial charge in [0.1, 0.15) is 17.2 Å². The van der Waals surface area contributed by atoms with Crippen LogP contribution < -0.4 is 5.73 Å².